The maximum absolute atomic E-state index is 13.6. The number of nitrogens with one attached hydrogen (secondary N) is 2. The van der Waals surface area contributed by atoms with Gasteiger partial charge in [0.2, 0.25) is 5.95 Å². The van der Waals surface area contributed by atoms with E-state index in [2.05, 4.69) is 20.6 Å². The lowest BCUT2D eigenvalue weighted by molar-refractivity contribution is 0.0601. The second-order valence-electron chi connectivity index (χ2n) is 5.73. The average Bonchev–Trinajstić information content (AvgIpc) is 2.69. The third-order valence-electron chi connectivity index (χ3n) is 3.85. The molecule has 0 bridgehead atoms. The highest BCUT2D eigenvalue weighted by atomic mass is 19.1. The zero-order valence-electron chi connectivity index (χ0n) is 14.8. The lowest BCUT2D eigenvalue weighted by atomic mass is 10.1. The van der Waals surface area contributed by atoms with E-state index in [4.69, 9.17) is 4.74 Å². The van der Waals surface area contributed by atoms with Crippen LogP contribution in [0.4, 0.5) is 21.8 Å². The lowest BCUT2D eigenvalue weighted by Gasteiger charge is -2.09. The monoisotopic (exact) mass is 366 g/mol. The molecule has 0 amide bonds. The van der Waals surface area contributed by atoms with Crippen LogP contribution in [0.5, 0.6) is 0 Å². The van der Waals surface area contributed by atoms with Gasteiger partial charge in [-0.25, -0.2) is 14.2 Å². The smallest absolute Gasteiger partial charge is 0.337 e. The number of anilines is 3. The fourth-order valence-corrected chi connectivity index (χ4v) is 2.51. The van der Waals surface area contributed by atoms with Gasteiger partial charge < -0.3 is 15.4 Å². The van der Waals surface area contributed by atoms with E-state index in [1.54, 1.807) is 48.7 Å². The Kier molecular flexibility index (Phi) is 5.94. The van der Waals surface area contributed by atoms with Crippen LogP contribution < -0.4 is 10.6 Å². The van der Waals surface area contributed by atoms with Gasteiger partial charge in [-0.05, 0) is 42.3 Å². The molecule has 0 saturated heterocycles. The van der Waals surface area contributed by atoms with Gasteiger partial charge in [0.25, 0.3) is 0 Å². The number of esters is 1. The fraction of sp³-hybridized carbons (Fsp3) is 0.150. The molecule has 0 saturated carbocycles. The van der Waals surface area contributed by atoms with Gasteiger partial charge in [-0.15, -0.1) is 0 Å². The number of hydrogen-bond acceptors (Lipinski definition) is 6. The second-order valence-corrected chi connectivity index (χ2v) is 5.73. The van der Waals surface area contributed by atoms with Crippen molar-refractivity contribution in [2.24, 2.45) is 0 Å². The molecule has 0 aliphatic heterocycles. The Balaban J connectivity index is 1.62. The van der Waals surface area contributed by atoms with Gasteiger partial charge in [-0.3, -0.25) is 0 Å². The Morgan fingerprint density at radius 3 is 2.81 bits per heavy atom. The molecule has 3 rings (SSSR count). The third kappa shape index (κ3) is 5.01. The second kappa shape index (κ2) is 8.75. The van der Waals surface area contributed by atoms with Gasteiger partial charge >= 0.3 is 5.97 Å². The minimum absolute atomic E-state index is 0.213. The van der Waals surface area contributed by atoms with Crippen LogP contribution in [0.1, 0.15) is 15.9 Å². The van der Waals surface area contributed by atoms with E-state index < -0.39 is 5.97 Å². The van der Waals surface area contributed by atoms with Crippen LogP contribution in [0.2, 0.25) is 0 Å². The summed E-state index contributed by atoms with van der Waals surface area (Å²) >= 11 is 0. The van der Waals surface area contributed by atoms with Crippen molar-refractivity contribution in [3.05, 3.63) is 77.7 Å². The molecular weight excluding hydrogens is 347 g/mol. The molecule has 0 fully saturated rings. The number of hydrogen-bond donors (Lipinski definition) is 2. The topological polar surface area (TPSA) is 76.1 Å². The maximum atomic E-state index is 13.6. The minimum atomic E-state index is -0.414. The molecule has 0 radical (unpaired) electrons. The van der Waals surface area contributed by atoms with Crippen molar-refractivity contribution in [1.29, 1.82) is 0 Å². The van der Waals surface area contributed by atoms with Crippen molar-refractivity contribution in [3.63, 3.8) is 0 Å². The van der Waals surface area contributed by atoms with Crippen molar-refractivity contribution >= 4 is 23.4 Å². The molecule has 0 aliphatic rings. The molecule has 1 heterocycles. The summed E-state index contributed by atoms with van der Waals surface area (Å²) < 4.78 is 18.4. The predicted molar refractivity (Wildman–Crippen MR) is 102 cm³/mol. The molecule has 2 aromatic carbocycles. The Morgan fingerprint density at radius 2 is 2.00 bits per heavy atom. The number of carbonyl (C=O) groups is 1. The number of carbonyl (C=O) groups excluding carboxylic acids is 1. The average molecular weight is 366 g/mol. The van der Waals surface area contributed by atoms with Crippen molar-refractivity contribution < 1.29 is 13.9 Å². The van der Waals surface area contributed by atoms with Crippen molar-refractivity contribution in [1.82, 2.24) is 9.97 Å². The Hall–Kier alpha value is -3.48. The third-order valence-corrected chi connectivity index (χ3v) is 3.85. The van der Waals surface area contributed by atoms with Crippen LogP contribution in [-0.2, 0) is 11.2 Å². The molecule has 6 nitrogen and oxygen atoms in total. The van der Waals surface area contributed by atoms with E-state index in [1.165, 1.54) is 13.2 Å². The van der Waals surface area contributed by atoms with E-state index in [0.717, 1.165) is 0 Å². The Morgan fingerprint density at radius 1 is 1.15 bits per heavy atom. The molecule has 1 aromatic heterocycles. The zero-order valence-corrected chi connectivity index (χ0v) is 14.8. The standard InChI is InChI=1S/C20H19FN4O2/c1-27-19(26)15-6-4-7-16(13-15)24-20-23-12-10-18(25-20)22-11-9-14-5-2-3-8-17(14)21/h2-8,10,12-13H,9,11H2,1H3,(H2,22,23,24,25). The van der Waals surface area contributed by atoms with Crippen molar-refractivity contribution in [2.75, 3.05) is 24.3 Å². The quantitative estimate of drug-likeness (QED) is 0.620. The first-order chi connectivity index (χ1) is 13.2. The van der Waals surface area contributed by atoms with E-state index in [0.29, 0.717) is 41.5 Å². The molecule has 0 spiro atoms. The SMILES string of the molecule is COC(=O)c1cccc(Nc2nccc(NCCc3ccccc3F)n2)c1. The highest BCUT2D eigenvalue weighted by Crippen LogP contribution is 2.16. The fourth-order valence-electron chi connectivity index (χ4n) is 2.51. The van der Waals surface area contributed by atoms with Crippen LogP contribution in [-0.4, -0.2) is 29.6 Å². The van der Waals surface area contributed by atoms with Crippen LogP contribution in [0.15, 0.2) is 60.8 Å². The number of ether oxygens (including phenoxy) is 1. The summed E-state index contributed by atoms with van der Waals surface area (Å²) in [5, 5.41) is 6.20. The van der Waals surface area contributed by atoms with Crippen molar-refractivity contribution in [3.8, 4) is 0 Å². The first-order valence-corrected chi connectivity index (χ1v) is 8.41. The highest BCUT2D eigenvalue weighted by Gasteiger charge is 2.07. The van der Waals surface area contributed by atoms with Crippen LogP contribution in [0.25, 0.3) is 0 Å². The van der Waals surface area contributed by atoms with E-state index in [-0.39, 0.29) is 5.82 Å². The van der Waals surface area contributed by atoms with Gasteiger partial charge in [-0.1, -0.05) is 24.3 Å². The number of methoxy groups -OCH3 is 1. The van der Waals surface area contributed by atoms with Gasteiger partial charge in [0, 0.05) is 18.4 Å². The highest BCUT2D eigenvalue weighted by molar-refractivity contribution is 5.90. The number of halogens is 1. The molecule has 27 heavy (non-hydrogen) atoms. The number of aromatic nitrogens is 2. The van der Waals surface area contributed by atoms with Gasteiger partial charge in [0.15, 0.2) is 0 Å². The summed E-state index contributed by atoms with van der Waals surface area (Å²) in [6, 6.07) is 15.3. The number of benzene rings is 2. The van der Waals surface area contributed by atoms with Crippen molar-refractivity contribution in [2.45, 2.75) is 6.42 Å². The summed E-state index contributed by atoms with van der Waals surface area (Å²) in [5.41, 5.74) is 1.75. The molecule has 7 heteroatoms. The molecule has 138 valence electrons. The summed E-state index contributed by atoms with van der Waals surface area (Å²) in [6.45, 7) is 0.537. The van der Waals surface area contributed by atoms with Gasteiger partial charge in [0.05, 0.1) is 12.7 Å². The van der Waals surface area contributed by atoms with Crippen LogP contribution in [0, 0.1) is 5.82 Å². The maximum Gasteiger partial charge on any atom is 0.337 e. The molecule has 0 unspecified atom stereocenters. The van der Waals surface area contributed by atoms with Crippen LogP contribution in [0.3, 0.4) is 0 Å². The largest absolute Gasteiger partial charge is 0.465 e. The Labute approximate surface area is 156 Å². The Bertz CT molecular complexity index is 933. The minimum Gasteiger partial charge on any atom is -0.465 e. The molecule has 0 atom stereocenters. The number of rotatable bonds is 7. The molecule has 3 aromatic rings. The van der Waals surface area contributed by atoms with Gasteiger partial charge in [-0.2, -0.15) is 4.98 Å². The van der Waals surface area contributed by atoms with E-state index in [1.807, 2.05) is 6.07 Å². The summed E-state index contributed by atoms with van der Waals surface area (Å²) in [4.78, 5) is 20.2. The summed E-state index contributed by atoms with van der Waals surface area (Å²) in [7, 11) is 1.34. The van der Waals surface area contributed by atoms with Crippen LogP contribution >= 0.6 is 0 Å². The first kappa shape index (κ1) is 18.3. The summed E-state index contributed by atoms with van der Waals surface area (Å²) in [5.74, 6) is 0.374. The predicted octanol–water partition coefficient (Wildman–Crippen LogP) is 3.80. The summed E-state index contributed by atoms with van der Waals surface area (Å²) in [6.07, 6.45) is 2.16. The zero-order chi connectivity index (χ0) is 19.1. The van der Waals surface area contributed by atoms with E-state index in [9.17, 15) is 9.18 Å². The lowest BCUT2D eigenvalue weighted by Crippen LogP contribution is -2.08. The molecule has 2 N–H and O–H groups in total. The first-order valence-electron chi connectivity index (χ1n) is 8.41. The number of nitrogens with zero attached hydrogens (tertiary/aromatic N) is 2. The molecular formula is C20H19FN4O2. The normalized spacial score (nSPS) is 10.3. The van der Waals surface area contributed by atoms with Gasteiger partial charge in [0.1, 0.15) is 11.6 Å². The van der Waals surface area contributed by atoms with E-state index >= 15 is 0 Å². The molecule has 0 aliphatic carbocycles.